The Balaban J connectivity index is 2.18. The van der Waals surface area contributed by atoms with Crippen LogP contribution >= 0.6 is 22.9 Å². The number of halogens is 1. The van der Waals surface area contributed by atoms with Crippen molar-refractivity contribution >= 4 is 34.5 Å². The van der Waals surface area contributed by atoms with Gasteiger partial charge in [-0.1, -0.05) is 18.5 Å². The molecule has 0 radical (unpaired) electrons. The number of carbonyl (C=O) groups is 1. The van der Waals surface area contributed by atoms with E-state index in [1.54, 1.807) is 6.20 Å². The maximum absolute atomic E-state index is 12.0. The first-order valence-corrected chi connectivity index (χ1v) is 6.81. The van der Waals surface area contributed by atoms with Crippen LogP contribution in [0.15, 0.2) is 24.4 Å². The first kappa shape index (κ1) is 13.1. The van der Waals surface area contributed by atoms with E-state index in [1.165, 1.54) is 16.2 Å². The fraction of sp³-hybridized carbons (Fsp3) is 0.231. The molecular formula is C13H13ClN2OS. The summed E-state index contributed by atoms with van der Waals surface area (Å²) in [6.07, 6.45) is 2.60. The largest absolute Gasteiger partial charge is 0.319 e. The minimum Gasteiger partial charge on any atom is -0.319 e. The number of hydrogen-bond acceptors (Lipinski definition) is 3. The van der Waals surface area contributed by atoms with Gasteiger partial charge in [0.1, 0.15) is 0 Å². The highest BCUT2D eigenvalue weighted by Gasteiger charge is 2.11. The molecule has 0 fully saturated rings. The molecule has 5 heteroatoms. The molecule has 0 unspecified atom stereocenters. The normalized spacial score (nSPS) is 10.4. The van der Waals surface area contributed by atoms with Crippen LogP contribution in [0.5, 0.6) is 0 Å². The summed E-state index contributed by atoms with van der Waals surface area (Å²) in [5.74, 6) is -0.144. The van der Waals surface area contributed by atoms with E-state index < -0.39 is 0 Å². The van der Waals surface area contributed by atoms with E-state index in [4.69, 9.17) is 11.6 Å². The van der Waals surface area contributed by atoms with Crippen LogP contribution in [0.3, 0.4) is 0 Å². The van der Waals surface area contributed by atoms with Crippen molar-refractivity contribution in [3.63, 3.8) is 0 Å². The van der Waals surface area contributed by atoms with E-state index in [-0.39, 0.29) is 5.91 Å². The molecule has 2 aromatic rings. The van der Waals surface area contributed by atoms with Crippen LogP contribution in [0, 0.1) is 6.92 Å². The average Bonchev–Trinajstić information content (AvgIpc) is 2.82. The lowest BCUT2D eigenvalue weighted by Gasteiger charge is -2.06. The van der Waals surface area contributed by atoms with Crippen LogP contribution in [-0.4, -0.2) is 10.9 Å². The Kier molecular flexibility index (Phi) is 3.99. The number of nitrogens with zero attached hydrogens (tertiary/aromatic N) is 1. The third kappa shape index (κ3) is 2.89. The molecule has 0 aromatic carbocycles. The molecule has 94 valence electrons. The quantitative estimate of drug-likeness (QED) is 0.866. The van der Waals surface area contributed by atoms with Crippen LogP contribution in [0.25, 0.3) is 0 Å². The predicted octanol–water partition coefficient (Wildman–Crippen LogP) is 3.92. The summed E-state index contributed by atoms with van der Waals surface area (Å²) >= 11 is 7.43. The Morgan fingerprint density at radius 3 is 2.94 bits per heavy atom. The number of aromatic nitrogens is 1. The van der Waals surface area contributed by atoms with Crippen LogP contribution in [0.2, 0.25) is 5.15 Å². The molecule has 3 nitrogen and oxygen atoms in total. The van der Waals surface area contributed by atoms with E-state index >= 15 is 0 Å². The van der Waals surface area contributed by atoms with E-state index in [9.17, 15) is 4.79 Å². The van der Waals surface area contributed by atoms with Gasteiger partial charge < -0.3 is 5.32 Å². The smallest absolute Gasteiger partial charge is 0.265 e. The molecule has 2 heterocycles. The second-order valence-corrected chi connectivity index (χ2v) is 5.45. The van der Waals surface area contributed by atoms with E-state index in [2.05, 4.69) is 17.2 Å². The molecule has 0 aliphatic rings. The van der Waals surface area contributed by atoms with Crippen LogP contribution in [0.1, 0.15) is 27.0 Å². The number of nitrogens with one attached hydrogen (secondary N) is 1. The lowest BCUT2D eigenvalue weighted by Crippen LogP contribution is -2.11. The zero-order valence-electron chi connectivity index (χ0n) is 10.2. The zero-order valence-corrected chi connectivity index (χ0v) is 11.7. The SMILES string of the molecule is CCc1ccc(C(=O)Nc2cc(C)cnc2Cl)s1. The summed E-state index contributed by atoms with van der Waals surface area (Å²) in [4.78, 5) is 17.9. The van der Waals surface area contributed by atoms with Gasteiger partial charge in [0.25, 0.3) is 5.91 Å². The standard InChI is InChI=1S/C13H13ClN2OS/c1-3-9-4-5-11(18-9)13(17)16-10-6-8(2)7-15-12(10)14/h4-7H,3H2,1-2H3,(H,16,17). The highest BCUT2D eigenvalue weighted by atomic mass is 35.5. The highest BCUT2D eigenvalue weighted by Crippen LogP contribution is 2.23. The first-order valence-electron chi connectivity index (χ1n) is 5.62. The van der Waals surface area contributed by atoms with Crippen molar-refractivity contribution in [2.75, 3.05) is 5.32 Å². The molecule has 1 amide bonds. The lowest BCUT2D eigenvalue weighted by molar-refractivity contribution is 0.103. The average molecular weight is 281 g/mol. The summed E-state index contributed by atoms with van der Waals surface area (Å²) < 4.78 is 0. The number of anilines is 1. The molecule has 1 N–H and O–H groups in total. The minimum absolute atomic E-state index is 0.144. The van der Waals surface area contributed by atoms with Gasteiger partial charge in [0.05, 0.1) is 10.6 Å². The second kappa shape index (κ2) is 5.50. The van der Waals surface area contributed by atoms with Crippen molar-refractivity contribution in [2.45, 2.75) is 20.3 Å². The Hall–Kier alpha value is -1.39. The van der Waals surface area contributed by atoms with Gasteiger partial charge in [-0.2, -0.15) is 0 Å². The fourth-order valence-electron chi connectivity index (χ4n) is 1.51. The second-order valence-electron chi connectivity index (χ2n) is 3.92. The Labute approximate surface area is 115 Å². The predicted molar refractivity (Wildman–Crippen MR) is 75.6 cm³/mol. The van der Waals surface area contributed by atoms with E-state index in [1.807, 2.05) is 25.1 Å². The van der Waals surface area contributed by atoms with Gasteiger partial charge in [-0.25, -0.2) is 4.98 Å². The maximum atomic E-state index is 12.0. The zero-order chi connectivity index (χ0) is 13.1. The van der Waals surface area contributed by atoms with Crippen molar-refractivity contribution in [1.29, 1.82) is 0 Å². The molecule has 2 aromatic heterocycles. The fourth-order valence-corrected chi connectivity index (χ4v) is 2.51. The summed E-state index contributed by atoms with van der Waals surface area (Å²) in [6, 6.07) is 5.60. The van der Waals surface area contributed by atoms with Crippen LogP contribution in [0.4, 0.5) is 5.69 Å². The molecule has 0 atom stereocenters. The van der Waals surface area contributed by atoms with Gasteiger partial charge in [0.2, 0.25) is 0 Å². The topological polar surface area (TPSA) is 42.0 Å². The van der Waals surface area contributed by atoms with Gasteiger partial charge in [-0.3, -0.25) is 4.79 Å². The number of thiophene rings is 1. The number of carbonyl (C=O) groups excluding carboxylic acids is 1. The molecule has 0 saturated heterocycles. The van der Waals surface area contributed by atoms with Crippen molar-refractivity contribution in [3.8, 4) is 0 Å². The van der Waals surface area contributed by atoms with Gasteiger partial charge >= 0.3 is 0 Å². The van der Waals surface area contributed by atoms with Crippen LogP contribution in [-0.2, 0) is 6.42 Å². The van der Waals surface area contributed by atoms with Gasteiger partial charge in [-0.05, 0) is 37.1 Å². The molecule has 0 aliphatic heterocycles. The number of hydrogen-bond donors (Lipinski definition) is 1. The minimum atomic E-state index is -0.144. The van der Waals surface area contributed by atoms with Crippen molar-refractivity contribution in [2.24, 2.45) is 0 Å². The van der Waals surface area contributed by atoms with E-state index in [0.29, 0.717) is 15.7 Å². The van der Waals surface area contributed by atoms with Crippen molar-refractivity contribution in [3.05, 3.63) is 44.9 Å². The first-order chi connectivity index (χ1) is 8.60. The van der Waals surface area contributed by atoms with Gasteiger partial charge in [0, 0.05) is 11.1 Å². The van der Waals surface area contributed by atoms with Crippen LogP contribution < -0.4 is 5.32 Å². The third-order valence-corrected chi connectivity index (χ3v) is 3.99. The molecule has 0 saturated carbocycles. The number of aryl methyl sites for hydroxylation is 2. The summed E-state index contributed by atoms with van der Waals surface area (Å²) in [6.45, 7) is 3.97. The van der Waals surface area contributed by atoms with Gasteiger partial charge in [-0.15, -0.1) is 11.3 Å². The summed E-state index contributed by atoms with van der Waals surface area (Å²) in [7, 11) is 0. The van der Waals surface area contributed by atoms with Gasteiger partial charge in [0.15, 0.2) is 5.15 Å². The highest BCUT2D eigenvalue weighted by molar-refractivity contribution is 7.14. The Morgan fingerprint density at radius 1 is 1.50 bits per heavy atom. The van der Waals surface area contributed by atoms with Crippen molar-refractivity contribution in [1.82, 2.24) is 4.98 Å². The maximum Gasteiger partial charge on any atom is 0.265 e. The number of amides is 1. The van der Waals surface area contributed by atoms with Crippen molar-refractivity contribution < 1.29 is 4.79 Å². The lowest BCUT2D eigenvalue weighted by atomic mass is 10.3. The molecule has 0 spiro atoms. The monoisotopic (exact) mass is 280 g/mol. The molecule has 18 heavy (non-hydrogen) atoms. The molecule has 2 rings (SSSR count). The molecule has 0 aliphatic carbocycles. The number of rotatable bonds is 3. The molecular weight excluding hydrogens is 268 g/mol. The Bertz CT molecular complexity index is 580. The number of pyridine rings is 1. The third-order valence-electron chi connectivity index (χ3n) is 2.46. The summed E-state index contributed by atoms with van der Waals surface area (Å²) in [5.41, 5.74) is 1.50. The summed E-state index contributed by atoms with van der Waals surface area (Å²) in [5, 5.41) is 3.09. The molecule has 0 bridgehead atoms. The van der Waals surface area contributed by atoms with E-state index in [0.717, 1.165) is 12.0 Å². The Morgan fingerprint density at radius 2 is 2.28 bits per heavy atom.